The smallest absolute Gasteiger partial charge is 0.243 e. The molecule has 0 N–H and O–H groups in total. The van der Waals surface area contributed by atoms with Crippen LogP contribution in [0.15, 0.2) is 51.8 Å². The van der Waals surface area contributed by atoms with Crippen LogP contribution < -0.4 is 4.90 Å². The highest BCUT2D eigenvalue weighted by Gasteiger charge is 2.34. The maximum absolute atomic E-state index is 13.1. The number of benzene rings is 2. The van der Waals surface area contributed by atoms with E-state index in [9.17, 15) is 13.2 Å². The first kappa shape index (κ1) is 23.3. The summed E-state index contributed by atoms with van der Waals surface area (Å²) in [6.45, 7) is 8.13. The van der Waals surface area contributed by atoms with Crippen LogP contribution >= 0.6 is 15.9 Å². The Balaban J connectivity index is 1.32. The molecule has 0 saturated carbocycles. The molecule has 0 radical (unpaired) electrons. The molecule has 172 valence electrons. The molecule has 2 fully saturated rings. The first-order valence-corrected chi connectivity index (χ1v) is 13.4. The topological polar surface area (TPSA) is 60.9 Å². The monoisotopic (exact) mass is 519 g/mol. The van der Waals surface area contributed by atoms with Gasteiger partial charge in [-0.15, -0.1) is 0 Å². The van der Waals surface area contributed by atoms with E-state index in [0.717, 1.165) is 17.6 Å². The van der Waals surface area contributed by atoms with Crippen molar-refractivity contribution in [1.82, 2.24) is 9.21 Å². The molecule has 0 atom stereocenters. The summed E-state index contributed by atoms with van der Waals surface area (Å²) in [5.41, 5.74) is 3.83. The maximum Gasteiger partial charge on any atom is 0.243 e. The molecule has 32 heavy (non-hydrogen) atoms. The zero-order chi connectivity index (χ0) is 22.9. The lowest BCUT2D eigenvalue weighted by molar-refractivity contribution is -0.137. The highest BCUT2D eigenvalue weighted by atomic mass is 79.9. The molecule has 4 rings (SSSR count). The number of hydrogen-bond donors (Lipinski definition) is 0. The number of rotatable bonds is 4. The van der Waals surface area contributed by atoms with Crippen molar-refractivity contribution in [3.05, 3.63) is 58.1 Å². The lowest BCUT2D eigenvalue weighted by Crippen LogP contribution is -2.52. The third kappa shape index (κ3) is 4.72. The Morgan fingerprint density at radius 1 is 0.906 bits per heavy atom. The van der Waals surface area contributed by atoms with Crippen molar-refractivity contribution in [2.75, 3.05) is 44.2 Å². The van der Waals surface area contributed by atoms with Gasteiger partial charge in [0, 0.05) is 55.3 Å². The molecule has 0 aliphatic carbocycles. The lowest BCUT2D eigenvalue weighted by Gasteiger charge is -2.39. The Morgan fingerprint density at radius 2 is 1.53 bits per heavy atom. The number of hydrogen-bond acceptors (Lipinski definition) is 4. The molecule has 6 nitrogen and oxygen atoms in total. The van der Waals surface area contributed by atoms with Crippen LogP contribution in [0.4, 0.5) is 5.69 Å². The molecule has 0 spiro atoms. The third-order valence-corrected chi connectivity index (χ3v) is 9.20. The average Bonchev–Trinajstić information content (AvgIpc) is 2.81. The van der Waals surface area contributed by atoms with E-state index in [4.69, 9.17) is 0 Å². The van der Waals surface area contributed by atoms with E-state index in [0.29, 0.717) is 43.9 Å². The number of carbonyl (C=O) groups is 1. The third-order valence-electron chi connectivity index (χ3n) is 6.76. The van der Waals surface area contributed by atoms with Crippen molar-refractivity contribution in [2.45, 2.75) is 31.6 Å². The number of amides is 1. The van der Waals surface area contributed by atoms with Gasteiger partial charge in [-0.3, -0.25) is 4.79 Å². The predicted molar refractivity (Wildman–Crippen MR) is 130 cm³/mol. The van der Waals surface area contributed by atoms with Gasteiger partial charge in [0.05, 0.1) is 4.90 Å². The molecule has 0 unspecified atom stereocenters. The molecule has 2 heterocycles. The highest BCUT2D eigenvalue weighted by molar-refractivity contribution is 9.10. The van der Waals surface area contributed by atoms with Crippen molar-refractivity contribution >= 4 is 37.5 Å². The molecule has 0 aromatic heterocycles. The van der Waals surface area contributed by atoms with Gasteiger partial charge in [0.15, 0.2) is 0 Å². The molecule has 1 amide bonds. The SMILES string of the molecule is Cc1cccc(N2CCN(C(=O)C3CCN(S(=O)(=O)c4ccc(Br)cc4)CC3)CC2)c1C. The zero-order valence-corrected chi connectivity index (χ0v) is 21.0. The van der Waals surface area contributed by atoms with Gasteiger partial charge < -0.3 is 9.80 Å². The van der Waals surface area contributed by atoms with Crippen LogP contribution in [-0.4, -0.2) is 62.8 Å². The Kier molecular flexibility index (Phi) is 6.93. The van der Waals surface area contributed by atoms with Crippen LogP contribution in [0.1, 0.15) is 24.0 Å². The Bertz CT molecular complexity index is 1070. The number of nitrogens with zero attached hydrogens (tertiary/aromatic N) is 3. The molecule has 2 saturated heterocycles. The summed E-state index contributed by atoms with van der Waals surface area (Å²) in [5, 5.41) is 0. The number of piperazine rings is 1. The van der Waals surface area contributed by atoms with Crippen molar-refractivity contribution in [3.63, 3.8) is 0 Å². The Hall–Kier alpha value is -1.90. The molecule has 0 bridgehead atoms. The van der Waals surface area contributed by atoms with Crippen molar-refractivity contribution in [1.29, 1.82) is 0 Å². The number of sulfonamides is 1. The van der Waals surface area contributed by atoms with E-state index in [1.807, 2.05) is 4.90 Å². The van der Waals surface area contributed by atoms with Crippen LogP contribution in [-0.2, 0) is 14.8 Å². The van der Waals surface area contributed by atoms with Gasteiger partial charge in [0.1, 0.15) is 0 Å². The summed E-state index contributed by atoms with van der Waals surface area (Å²) in [6.07, 6.45) is 1.15. The number of anilines is 1. The first-order valence-electron chi connectivity index (χ1n) is 11.1. The summed E-state index contributed by atoms with van der Waals surface area (Å²) >= 11 is 3.34. The quantitative estimate of drug-likeness (QED) is 0.615. The summed E-state index contributed by atoms with van der Waals surface area (Å²) < 4.78 is 28.2. The lowest BCUT2D eigenvalue weighted by atomic mass is 9.96. The summed E-state index contributed by atoms with van der Waals surface area (Å²) in [6, 6.07) is 13.1. The minimum absolute atomic E-state index is 0.0985. The largest absolute Gasteiger partial charge is 0.368 e. The van der Waals surface area contributed by atoms with Crippen LogP contribution in [0.2, 0.25) is 0 Å². The van der Waals surface area contributed by atoms with Crippen LogP contribution in [0.5, 0.6) is 0 Å². The van der Waals surface area contributed by atoms with Crippen molar-refractivity contribution < 1.29 is 13.2 Å². The zero-order valence-electron chi connectivity index (χ0n) is 18.6. The minimum atomic E-state index is -3.52. The molecule has 2 aliphatic rings. The van der Waals surface area contributed by atoms with Crippen molar-refractivity contribution in [3.8, 4) is 0 Å². The second-order valence-electron chi connectivity index (χ2n) is 8.66. The molecule has 2 aliphatic heterocycles. The fourth-order valence-corrected chi connectivity index (χ4v) is 6.34. The highest BCUT2D eigenvalue weighted by Crippen LogP contribution is 2.28. The van der Waals surface area contributed by atoms with E-state index in [1.165, 1.54) is 21.1 Å². The number of aryl methyl sites for hydroxylation is 1. The van der Waals surface area contributed by atoms with Gasteiger partial charge >= 0.3 is 0 Å². The van der Waals surface area contributed by atoms with Gasteiger partial charge in [0.2, 0.25) is 15.9 Å². The number of halogens is 1. The van der Waals surface area contributed by atoms with Crippen LogP contribution in [0.25, 0.3) is 0 Å². The summed E-state index contributed by atoms with van der Waals surface area (Å²) in [5.74, 6) is 0.0740. The first-order chi connectivity index (χ1) is 15.3. The fraction of sp³-hybridized carbons (Fsp3) is 0.458. The fourth-order valence-electron chi connectivity index (χ4n) is 4.60. The van der Waals surface area contributed by atoms with E-state index < -0.39 is 10.0 Å². The molecule has 8 heteroatoms. The average molecular weight is 520 g/mol. The maximum atomic E-state index is 13.1. The molecular formula is C24H30BrN3O3S. The predicted octanol–water partition coefficient (Wildman–Crippen LogP) is 3.82. The van der Waals surface area contributed by atoms with E-state index >= 15 is 0 Å². The van der Waals surface area contributed by atoms with E-state index in [1.54, 1.807) is 24.3 Å². The van der Waals surface area contributed by atoms with Gasteiger partial charge in [-0.1, -0.05) is 28.1 Å². The van der Waals surface area contributed by atoms with Gasteiger partial charge in [0.25, 0.3) is 0 Å². The van der Waals surface area contributed by atoms with Crippen LogP contribution in [0.3, 0.4) is 0 Å². The van der Waals surface area contributed by atoms with Crippen LogP contribution in [0, 0.1) is 19.8 Å². The number of carbonyl (C=O) groups excluding carboxylic acids is 1. The minimum Gasteiger partial charge on any atom is -0.368 e. The van der Waals surface area contributed by atoms with Gasteiger partial charge in [-0.05, 0) is 68.1 Å². The second kappa shape index (κ2) is 9.53. The molecule has 2 aromatic rings. The summed E-state index contributed by atoms with van der Waals surface area (Å²) in [4.78, 5) is 17.7. The van der Waals surface area contributed by atoms with E-state index in [-0.39, 0.29) is 11.8 Å². The van der Waals surface area contributed by atoms with E-state index in [2.05, 4.69) is 52.9 Å². The molecular weight excluding hydrogens is 490 g/mol. The molecule has 2 aromatic carbocycles. The summed E-state index contributed by atoms with van der Waals surface area (Å²) in [7, 11) is -3.52. The van der Waals surface area contributed by atoms with Gasteiger partial charge in [-0.25, -0.2) is 8.42 Å². The number of piperidine rings is 1. The van der Waals surface area contributed by atoms with Crippen molar-refractivity contribution in [2.24, 2.45) is 5.92 Å². The Labute approximate surface area is 199 Å². The normalized spacial score (nSPS) is 18.7. The second-order valence-corrected chi connectivity index (χ2v) is 11.5. The Morgan fingerprint density at radius 3 is 2.16 bits per heavy atom. The van der Waals surface area contributed by atoms with Gasteiger partial charge in [-0.2, -0.15) is 4.31 Å². The standard InChI is InChI=1S/C24H30BrN3O3S/c1-18-4-3-5-23(19(18)2)26-14-16-27(17-15-26)24(29)20-10-12-28(13-11-20)32(30,31)22-8-6-21(25)7-9-22/h3-9,20H,10-17H2,1-2H3.